The first-order valence-electron chi connectivity index (χ1n) is 21.7. The third-order valence-corrected chi connectivity index (χ3v) is 14.5. The van der Waals surface area contributed by atoms with E-state index in [0.29, 0.717) is 41.7 Å². The van der Waals surface area contributed by atoms with Crippen molar-refractivity contribution in [3.05, 3.63) is 83.9 Å². The third-order valence-electron chi connectivity index (χ3n) is 9.97. The van der Waals surface area contributed by atoms with Crippen LogP contribution in [0, 0.1) is 0 Å². The second-order valence-electron chi connectivity index (χ2n) is 15.1. The van der Waals surface area contributed by atoms with E-state index in [2.05, 4.69) is 74.2 Å². The van der Waals surface area contributed by atoms with Crippen LogP contribution in [0.1, 0.15) is 11.1 Å². The Morgan fingerprint density at radius 3 is 1.48 bits per heavy atom. The van der Waals surface area contributed by atoms with E-state index >= 15 is 0 Å². The van der Waals surface area contributed by atoms with E-state index in [9.17, 15) is 64.6 Å². The average molecular weight is 1220 g/mol. The fourth-order valence-electron chi connectivity index (χ4n) is 6.69. The van der Waals surface area contributed by atoms with Gasteiger partial charge in [0.1, 0.15) is 9.79 Å². The van der Waals surface area contributed by atoms with Gasteiger partial charge in [-0.3, -0.25) is 13.7 Å². The summed E-state index contributed by atoms with van der Waals surface area (Å²) in [5.74, 6) is -1.49. The van der Waals surface area contributed by atoms with Gasteiger partial charge >= 0.3 is 0 Å². The minimum atomic E-state index is -5.02. The number of aliphatic hydroxyl groups excluding tert-OH is 4. The topological polar surface area (TPSA) is 483 Å². The molecule has 0 saturated heterocycles. The Morgan fingerprint density at radius 1 is 0.481 bits per heavy atom. The molecule has 33 nitrogen and oxygen atoms in total. The van der Waals surface area contributed by atoms with Gasteiger partial charge < -0.3 is 51.5 Å². The van der Waals surface area contributed by atoms with Crippen LogP contribution in [0.2, 0.25) is 0 Å². The molecule has 0 atom stereocenters. The molecule has 0 bridgehead atoms. The first-order valence-corrected chi connectivity index (χ1v) is 28.2. The minimum absolute atomic E-state index is 0.0470. The lowest BCUT2D eigenvalue weighted by atomic mass is 10.1. The van der Waals surface area contributed by atoms with Gasteiger partial charge in [-0.25, -0.2) is 15.8 Å². The quantitative estimate of drug-likeness (QED) is 0.00965. The van der Waals surface area contributed by atoms with Crippen molar-refractivity contribution in [3.63, 3.8) is 0 Å². The highest BCUT2D eigenvalue weighted by molar-refractivity contribution is 7.95. The molecule has 426 valence electrons. The van der Waals surface area contributed by atoms with E-state index in [1.54, 1.807) is 0 Å². The van der Waals surface area contributed by atoms with Gasteiger partial charge in [0, 0.05) is 47.3 Å². The van der Waals surface area contributed by atoms with Crippen molar-refractivity contribution >= 4 is 137 Å². The van der Waals surface area contributed by atoms with Crippen molar-refractivity contribution in [2.45, 2.75) is 29.4 Å². The number of aromatic nitrogens is 6. The summed E-state index contributed by atoms with van der Waals surface area (Å²) in [5.41, 5.74) is -0.00434. The number of nitrogens with one attached hydrogen (secondary N) is 4. The number of anilines is 10. The maximum atomic E-state index is 12.9. The first kappa shape index (κ1) is 61.9. The second-order valence-corrected chi connectivity index (χ2v) is 21.6. The number of rotatable bonds is 31. The van der Waals surface area contributed by atoms with Gasteiger partial charge in [0.15, 0.2) is 0 Å². The predicted molar refractivity (Wildman–Crippen MR) is 281 cm³/mol. The van der Waals surface area contributed by atoms with E-state index < -0.39 is 77.4 Å². The van der Waals surface area contributed by atoms with Crippen LogP contribution in [-0.2, 0) is 53.4 Å². The molecule has 0 amide bonds. The Bertz CT molecular complexity index is 3440. The standard InChI is InChI=1S/C40H44N12O21S6/c53-15-11-51(12-16-54)39-47-35(45-37(49-39)43-29-22-28(77(60,61)62)8-9-31(29)76-73-70-58)41-25-5-3-23(32(19-25)75-71-59)1-2-24-4-6-26(20-34(24)79(66,67)68)42-36-46-38(50-40(48-36)52(13-17-55)14-18-56)44-30-21-27(74-72-69-57)7-10-33(30)78(63,64)65/h1-10,19-22,53-59H,11-18H2,(H,60,61,62)(H,63,64,65)(H,66,67,68)(H2,41,43,45,47,49)(H2,42,44,46,48,50). The lowest BCUT2D eigenvalue weighted by Crippen LogP contribution is -2.31. The molecule has 6 rings (SSSR count). The van der Waals surface area contributed by atoms with Crippen LogP contribution in [0.5, 0.6) is 0 Å². The van der Waals surface area contributed by atoms with Crippen molar-refractivity contribution in [1.82, 2.24) is 29.9 Å². The zero-order valence-electron chi connectivity index (χ0n) is 39.7. The average Bonchev–Trinajstić information content (AvgIpc) is 3.43. The summed E-state index contributed by atoms with van der Waals surface area (Å²) in [6.07, 6.45) is 2.70. The molecule has 0 aliphatic heterocycles. The van der Waals surface area contributed by atoms with Gasteiger partial charge in [0.25, 0.3) is 30.4 Å². The normalized spacial score (nSPS) is 12.0. The van der Waals surface area contributed by atoms with Gasteiger partial charge in [0.2, 0.25) is 35.7 Å². The lowest BCUT2D eigenvalue weighted by Gasteiger charge is -2.22. The number of nitrogens with zero attached hydrogens (tertiary/aromatic N) is 8. The monoisotopic (exact) mass is 1220 g/mol. The van der Waals surface area contributed by atoms with E-state index in [1.807, 2.05) is 0 Å². The summed E-state index contributed by atoms with van der Waals surface area (Å²) >= 11 is 1.33. The molecule has 0 aliphatic carbocycles. The highest BCUT2D eigenvalue weighted by atomic mass is 32.2. The molecule has 2 aromatic heterocycles. The summed E-state index contributed by atoms with van der Waals surface area (Å²) in [7, 11) is -14.7. The number of aliphatic hydroxyl groups is 4. The highest BCUT2D eigenvalue weighted by Crippen LogP contribution is 2.35. The van der Waals surface area contributed by atoms with Crippen LogP contribution < -0.4 is 31.1 Å². The van der Waals surface area contributed by atoms with E-state index in [4.69, 9.17) is 10.5 Å². The molecule has 0 aliphatic rings. The van der Waals surface area contributed by atoms with Crippen LogP contribution in [-0.4, -0.2) is 158 Å². The molecule has 4 aromatic carbocycles. The SMILES string of the molecule is O=S(=O)(O)c1ccc(SOOO)c(Nc2nc(Nc3ccc(C=Cc4ccc(Nc5nc(Nc6cc(SOOO)ccc6S(=O)(=O)O)nc(N(CCO)CCO)n5)cc4S(=O)(=O)O)c(SOO)c3)nc(N(CCO)CCO)n2)c1. The van der Waals surface area contributed by atoms with Crippen LogP contribution in [0.15, 0.2) is 102 Å². The van der Waals surface area contributed by atoms with Crippen molar-refractivity contribution in [2.24, 2.45) is 0 Å². The smallest absolute Gasteiger partial charge is 0.296 e. The molecule has 0 saturated carbocycles. The molecule has 0 spiro atoms. The summed E-state index contributed by atoms with van der Waals surface area (Å²) in [5, 5.41) is 84.3. The lowest BCUT2D eigenvalue weighted by molar-refractivity contribution is -0.432. The Morgan fingerprint density at radius 2 is 0.975 bits per heavy atom. The van der Waals surface area contributed by atoms with E-state index in [0.717, 1.165) is 30.3 Å². The minimum Gasteiger partial charge on any atom is -0.395 e. The molecule has 0 fully saturated rings. The number of hydrogen-bond acceptors (Lipinski definition) is 33. The molecule has 6 aromatic rings. The predicted octanol–water partition coefficient (Wildman–Crippen LogP) is 3.88. The van der Waals surface area contributed by atoms with Gasteiger partial charge in [-0.05, 0) is 71.8 Å². The van der Waals surface area contributed by atoms with Crippen molar-refractivity contribution < 1.29 is 98.2 Å². The van der Waals surface area contributed by atoms with E-state index in [1.165, 1.54) is 64.4 Å². The van der Waals surface area contributed by atoms with Crippen LogP contribution in [0.3, 0.4) is 0 Å². The Kier molecular flexibility index (Phi) is 22.5. The van der Waals surface area contributed by atoms with Crippen molar-refractivity contribution in [3.8, 4) is 0 Å². The van der Waals surface area contributed by atoms with Crippen molar-refractivity contribution in [2.75, 3.05) is 83.7 Å². The molecular formula is C40H44N12O21S6. The van der Waals surface area contributed by atoms with Crippen LogP contribution >= 0.6 is 36.1 Å². The Balaban J connectivity index is 1.33. The fraction of sp³-hybridized carbons (Fsp3) is 0.200. The zero-order valence-corrected chi connectivity index (χ0v) is 44.6. The molecular weight excluding hydrogens is 1180 g/mol. The summed E-state index contributed by atoms with van der Waals surface area (Å²) < 4.78 is 118. The molecule has 0 radical (unpaired) electrons. The highest BCUT2D eigenvalue weighted by Gasteiger charge is 2.23. The van der Waals surface area contributed by atoms with E-state index in [-0.39, 0.29) is 98.9 Å². The third kappa shape index (κ3) is 17.9. The second kappa shape index (κ2) is 28.8. The number of hydrogen-bond donors (Lipinski definition) is 14. The molecule has 39 heteroatoms. The molecule has 79 heavy (non-hydrogen) atoms. The first-order chi connectivity index (χ1) is 37.7. The Labute approximate surface area is 459 Å². The van der Waals surface area contributed by atoms with Crippen LogP contribution in [0.25, 0.3) is 12.2 Å². The van der Waals surface area contributed by atoms with Gasteiger partial charge in [-0.1, -0.05) is 34.4 Å². The molecule has 14 N–H and O–H groups in total. The maximum absolute atomic E-state index is 12.9. The van der Waals surface area contributed by atoms with Gasteiger partial charge in [-0.15, -0.1) is 8.67 Å². The fourth-order valence-corrected chi connectivity index (χ4v) is 9.84. The van der Waals surface area contributed by atoms with Crippen LogP contribution in [0.4, 0.5) is 58.4 Å². The largest absolute Gasteiger partial charge is 0.395 e. The summed E-state index contributed by atoms with van der Waals surface area (Å²) in [6.45, 7) is -2.08. The van der Waals surface area contributed by atoms with Gasteiger partial charge in [0.05, 0.1) is 83.7 Å². The van der Waals surface area contributed by atoms with Gasteiger partial charge in [-0.2, -0.15) is 59.5 Å². The summed E-state index contributed by atoms with van der Waals surface area (Å²) in [6, 6.07) is 14.7. The van der Waals surface area contributed by atoms with Crippen molar-refractivity contribution in [1.29, 1.82) is 0 Å². The number of benzene rings is 4. The molecule has 2 heterocycles. The summed E-state index contributed by atoms with van der Waals surface area (Å²) in [4.78, 5) is 27.2. The Hall–Kier alpha value is -6.26. The maximum Gasteiger partial charge on any atom is 0.296 e. The zero-order chi connectivity index (χ0) is 57.3. The molecule has 0 unspecified atom stereocenters.